The first-order valence-corrected chi connectivity index (χ1v) is 9.01. The number of anilines is 1. The van der Waals surface area contributed by atoms with Crippen LogP contribution in [0, 0.1) is 5.41 Å². The van der Waals surface area contributed by atoms with E-state index in [0.29, 0.717) is 10.9 Å². The smallest absolute Gasteiger partial charge is 0.260 e. The molecule has 0 aliphatic heterocycles. The summed E-state index contributed by atoms with van der Waals surface area (Å²) in [6.07, 6.45) is 0. The third-order valence-corrected chi connectivity index (χ3v) is 4.58. The Morgan fingerprint density at radius 3 is 2.48 bits per heavy atom. The van der Waals surface area contributed by atoms with Gasteiger partial charge in [0.2, 0.25) is 11.9 Å². The Kier molecular flexibility index (Phi) is 4.41. The van der Waals surface area contributed by atoms with Gasteiger partial charge in [-0.25, -0.2) is 4.98 Å². The molecule has 3 aromatic rings. The highest BCUT2D eigenvalue weighted by Crippen LogP contribution is 2.33. The van der Waals surface area contributed by atoms with Crippen molar-refractivity contribution in [3.8, 4) is 0 Å². The van der Waals surface area contributed by atoms with Gasteiger partial charge in [0.25, 0.3) is 5.56 Å². The van der Waals surface area contributed by atoms with Gasteiger partial charge in [0.1, 0.15) is 0 Å². The van der Waals surface area contributed by atoms with Crippen LogP contribution in [-0.4, -0.2) is 15.9 Å². The Morgan fingerprint density at radius 2 is 1.88 bits per heavy atom. The number of rotatable bonds is 2. The molecule has 25 heavy (non-hydrogen) atoms. The topological polar surface area (TPSA) is 74.8 Å². The second-order valence-electron chi connectivity index (χ2n) is 7.14. The molecule has 3 rings (SSSR count). The quantitative estimate of drug-likeness (QED) is 0.489. The number of aromatic nitrogens is 2. The van der Waals surface area contributed by atoms with Crippen molar-refractivity contribution in [1.29, 1.82) is 0 Å². The lowest BCUT2D eigenvalue weighted by Gasteiger charge is -2.17. The minimum absolute atomic E-state index is 0.107. The van der Waals surface area contributed by atoms with E-state index in [1.165, 1.54) is 0 Å². The molecule has 0 fully saturated rings. The summed E-state index contributed by atoms with van der Waals surface area (Å²) in [5.41, 5.74) is 0.772. The number of nitrogens with zero attached hydrogens (tertiary/aromatic N) is 1. The summed E-state index contributed by atoms with van der Waals surface area (Å²) in [6.45, 7) is 7.45. The molecule has 2 N–H and O–H groups in total. The molecule has 1 unspecified atom stereocenters. The number of H-pyrrole nitrogens is 1. The molecule has 5 nitrogen and oxygen atoms in total. The highest BCUT2D eigenvalue weighted by atomic mass is 79.9. The SMILES string of the molecule is CC(Br)c1cc2nc(NC(=O)C(C)(C)C)[nH]c(=O)c2c2ccccc12. The molecule has 0 saturated carbocycles. The number of amides is 1. The number of aromatic amines is 1. The van der Waals surface area contributed by atoms with Gasteiger partial charge in [-0.2, -0.15) is 0 Å². The fourth-order valence-corrected chi connectivity index (χ4v) is 3.10. The van der Waals surface area contributed by atoms with E-state index in [1.807, 2.05) is 37.3 Å². The molecular weight excluding hydrogens is 382 g/mol. The van der Waals surface area contributed by atoms with Crippen LogP contribution in [0.4, 0.5) is 5.95 Å². The van der Waals surface area contributed by atoms with Crippen LogP contribution in [0.3, 0.4) is 0 Å². The Balaban J connectivity index is 2.26. The lowest BCUT2D eigenvalue weighted by Crippen LogP contribution is -2.29. The van der Waals surface area contributed by atoms with E-state index in [1.54, 1.807) is 20.8 Å². The van der Waals surface area contributed by atoms with Crippen molar-refractivity contribution in [2.45, 2.75) is 32.5 Å². The van der Waals surface area contributed by atoms with E-state index < -0.39 is 5.41 Å². The minimum Gasteiger partial charge on any atom is -0.296 e. The van der Waals surface area contributed by atoms with E-state index in [4.69, 9.17) is 0 Å². The molecular formula is C19H20BrN3O2. The number of alkyl halides is 1. The van der Waals surface area contributed by atoms with Crippen LogP contribution in [-0.2, 0) is 4.79 Å². The maximum absolute atomic E-state index is 12.7. The molecule has 0 radical (unpaired) electrons. The molecule has 1 aromatic heterocycles. The van der Waals surface area contributed by atoms with Crippen LogP contribution in [0.5, 0.6) is 0 Å². The summed E-state index contributed by atoms with van der Waals surface area (Å²) in [7, 11) is 0. The number of fused-ring (bicyclic) bond motifs is 3. The molecule has 0 aliphatic carbocycles. The number of carbonyl (C=O) groups is 1. The standard InChI is InChI=1S/C19H20BrN3O2/c1-10(20)13-9-14-15(12-8-6-5-7-11(12)13)16(24)22-18(21-14)23-17(25)19(2,3)4/h5-10H,1-4H3,(H2,21,22,23,24,25). The van der Waals surface area contributed by atoms with Crippen molar-refractivity contribution in [1.82, 2.24) is 9.97 Å². The van der Waals surface area contributed by atoms with Crippen molar-refractivity contribution in [2.24, 2.45) is 5.41 Å². The third-order valence-electron chi connectivity index (χ3n) is 4.09. The predicted octanol–water partition coefficient (Wildman–Crippen LogP) is 4.52. The van der Waals surface area contributed by atoms with Gasteiger partial charge in [-0.3, -0.25) is 19.9 Å². The lowest BCUT2D eigenvalue weighted by molar-refractivity contribution is -0.123. The molecule has 130 valence electrons. The van der Waals surface area contributed by atoms with Crippen molar-refractivity contribution in [2.75, 3.05) is 5.32 Å². The maximum Gasteiger partial charge on any atom is 0.260 e. The molecule has 0 saturated heterocycles. The number of halogens is 1. The van der Waals surface area contributed by atoms with E-state index >= 15 is 0 Å². The normalized spacial score (nSPS) is 13.2. The van der Waals surface area contributed by atoms with Gasteiger partial charge >= 0.3 is 0 Å². The van der Waals surface area contributed by atoms with Crippen LogP contribution in [0.25, 0.3) is 21.7 Å². The third kappa shape index (κ3) is 3.31. The Bertz CT molecular complexity index is 1030. The summed E-state index contributed by atoms with van der Waals surface area (Å²) in [5, 5.41) is 5.09. The van der Waals surface area contributed by atoms with E-state index in [-0.39, 0.29) is 22.2 Å². The Labute approximate surface area is 154 Å². The van der Waals surface area contributed by atoms with Gasteiger partial charge in [0.05, 0.1) is 10.9 Å². The summed E-state index contributed by atoms with van der Waals surface area (Å²) >= 11 is 3.61. The summed E-state index contributed by atoms with van der Waals surface area (Å²) in [4.78, 5) is 32.1. The monoisotopic (exact) mass is 401 g/mol. The van der Waals surface area contributed by atoms with Gasteiger partial charge in [-0.1, -0.05) is 61.0 Å². The van der Waals surface area contributed by atoms with Gasteiger partial charge in [0.15, 0.2) is 0 Å². The average molecular weight is 402 g/mol. The Morgan fingerprint density at radius 1 is 1.24 bits per heavy atom. The van der Waals surface area contributed by atoms with E-state index in [2.05, 4.69) is 31.2 Å². The van der Waals surface area contributed by atoms with Crippen molar-refractivity contribution >= 4 is 49.5 Å². The summed E-state index contributed by atoms with van der Waals surface area (Å²) in [6, 6.07) is 9.67. The molecule has 1 amide bonds. The van der Waals surface area contributed by atoms with Gasteiger partial charge in [0, 0.05) is 10.2 Å². The minimum atomic E-state index is -0.577. The number of hydrogen-bond acceptors (Lipinski definition) is 3. The van der Waals surface area contributed by atoms with E-state index in [9.17, 15) is 9.59 Å². The van der Waals surface area contributed by atoms with Crippen LogP contribution in [0.2, 0.25) is 0 Å². The predicted molar refractivity (Wildman–Crippen MR) is 105 cm³/mol. The fraction of sp³-hybridized carbons (Fsp3) is 0.316. The molecule has 0 bridgehead atoms. The first-order chi connectivity index (χ1) is 11.7. The zero-order valence-corrected chi connectivity index (χ0v) is 16.2. The second kappa shape index (κ2) is 6.26. The fourth-order valence-electron chi connectivity index (χ4n) is 2.72. The highest BCUT2D eigenvalue weighted by Gasteiger charge is 2.22. The first-order valence-electron chi connectivity index (χ1n) is 8.09. The second-order valence-corrected chi connectivity index (χ2v) is 8.51. The van der Waals surface area contributed by atoms with Crippen LogP contribution in [0.1, 0.15) is 38.1 Å². The molecule has 1 atom stereocenters. The highest BCUT2D eigenvalue weighted by molar-refractivity contribution is 9.09. The molecule has 6 heteroatoms. The number of carbonyl (C=O) groups excluding carboxylic acids is 1. The van der Waals surface area contributed by atoms with Gasteiger partial charge in [-0.05, 0) is 29.3 Å². The maximum atomic E-state index is 12.7. The first kappa shape index (κ1) is 17.6. The Hall–Kier alpha value is -2.21. The number of hydrogen-bond donors (Lipinski definition) is 2. The zero-order chi connectivity index (χ0) is 18.4. The van der Waals surface area contributed by atoms with Crippen LogP contribution in [0.15, 0.2) is 35.1 Å². The van der Waals surface area contributed by atoms with Crippen LogP contribution < -0.4 is 10.9 Å². The van der Waals surface area contributed by atoms with Crippen molar-refractivity contribution in [3.05, 3.63) is 46.2 Å². The summed E-state index contributed by atoms with van der Waals surface area (Å²) in [5.74, 6) is -0.0363. The summed E-state index contributed by atoms with van der Waals surface area (Å²) < 4.78 is 0. The van der Waals surface area contributed by atoms with Gasteiger partial charge < -0.3 is 0 Å². The van der Waals surface area contributed by atoms with Crippen molar-refractivity contribution < 1.29 is 4.79 Å². The number of nitrogens with one attached hydrogen (secondary N) is 2. The molecule has 2 aromatic carbocycles. The largest absolute Gasteiger partial charge is 0.296 e. The van der Waals surface area contributed by atoms with E-state index in [0.717, 1.165) is 16.3 Å². The lowest BCUT2D eigenvalue weighted by atomic mass is 9.96. The average Bonchev–Trinajstić information content (AvgIpc) is 2.52. The van der Waals surface area contributed by atoms with Crippen molar-refractivity contribution in [3.63, 3.8) is 0 Å². The van der Waals surface area contributed by atoms with Crippen LogP contribution >= 0.6 is 15.9 Å². The molecule has 1 heterocycles. The molecule has 0 aliphatic rings. The molecule has 0 spiro atoms. The zero-order valence-electron chi connectivity index (χ0n) is 14.6. The van der Waals surface area contributed by atoms with Gasteiger partial charge in [-0.15, -0.1) is 0 Å². The number of benzene rings is 2.